The minimum atomic E-state index is -0.379. The highest BCUT2D eigenvalue weighted by molar-refractivity contribution is 7.80. The summed E-state index contributed by atoms with van der Waals surface area (Å²) in [6, 6.07) is 16.4. The van der Waals surface area contributed by atoms with Gasteiger partial charge in [-0.3, -0.25) is 15.1 Å². The number of nitrogens with one attached hydrogen (secondary N) is 1. The van der Waals surface area contributed by atoms with Crippen molar-refractivity contribution in [3.8, 4) is 5.69 Å². The van der Waals surface area contributed by atoms with Gasteiger partial charge in [-0.25, -0.2) is 0 Å². The first-order valence-corrected chi connectivity index (χ1v) is 9.80. The van der Waals surface area contributed by atoms with Crippen LogP contribution in [0.2, 0.25) is 0 Å². The number of hydrogen-bond donors (Lipinski definition) is 1. The maximum Gasteiger partial charge on any atom is 0.271 e. The standard InChI is InChI=1S/C21H21N5O2S/c1-14(2)25-20(19(23-21(25)29)17-9-3-4-11-22-17)18-10-6-12-24(18)15-7-5-8-16(13-15)26(27)28/h3-14,19-20H,1-2H3,(H,23,29)/t19-,20+/m1/s1. The monoisotopic (exact) mass is 407 g/mol. The number of rotatable bonds is 5. The maximum atomic E-state index is 11.2. The number of nitro groups is 1. The van der Waals surface area contributed by atoms with Crippen LogP contribution in [0.5, 0.6) is 0 Å². The fourth-order valence-corrected chi connectivity index (χ4v) is 4.32. The van der Waals surface area contributed by atoms with Crippen molar-refractivity contribution in [3.63, 3.8) is 0 Å². The van der Waals surface area contributed by atoms with E-state index < -0.39 is 0 Å². The van der Waals surface area contributed by atoms with E-state index in [1.165, 1.54) is 6.07 Å². The highest BCUT2D eigenvalue weighted by Crippen LogP contribution is 2.40. The van der Waals surface area contributed by atoms with Gasteiger partial charge in [0.05, 0.1) is 28.4 Å². The number of hydrogen-bond acceptors (Lipinski definition) is 4. The average molecular weight is 407 g/mol. The summed E-state index contributed by atoms with van der Waals surface area (Å²) in [5.41, 5.74) is 2.68. The van der Waals surface area contributed by atoms with Crippen molar-refractivity contribution < 1.29 is 4.92 Å². The number of benzene rings is 1. The second-order valence-electron chi connectivity index (χ2n) is 7.21. The van der Waals surface area contributed by atoms with Gasteiger partial charge in [0.1, 0.15) is 0 Å². The Morgan fingerprint density at radius 3 is 2.69 bits per heavy atom. The molecule has 7 nitrogen and oxygen atoms in total. The van der Waals surface area contributed by atoms with Crippen LogP contribution in [0.3, 0.4) is 0 Å². The molecule has 0 spiro atoms. The van der Waals surface area contributed by atoms with Crippen molar-refractivity contribution in [2.24, 2.45) is 0 Å². The summed E-state index contributed by atoms with van der Waals surface area (Å²) in [6.07, 6.45) is 3.69. The molecule has 0 radical (unpaired) electrons. The number of thiocarbonyl (C=S) groups is 1. The third kappa shape index (κ3) is 3.47. The minimum Gasteiger partial charge on any atom is -0.352 e. The Morgan fingerprint density at radius 1 is 1.17 bits per heavy atom. The van der Waals surface area contributed by atoms with E-state index in [4.69, 9.17) is 12.2 Å². The number of pyridine rings is 1. The van der Waals surface area contributed by atoms with E-state index in [0.29, 0.717) is 5.11 Å². The van der Waals surface area contributed by atoms with Gasteiger partial charge in [0.15, 0.2) is 5.11 Å². The van der Waals surface area contributed by atoms with Crippen molar-refractivity contribution in [2.45, 2.75) is 32.0 Å². The number of non-ortho nitro benzene ring substituents is 1. The molecule has 29 heavy (non-hydrogen) atoms. The first kappa shape index (κ1) is 19.1. The first-order valence-electron chi connectivity index (χ1n) is 9.39. The van der Waals surface area contributed by atoms with Gasteiger partial charge < -0.3 is 14.8 Å². The van der Waals surface area contributed by atoms with Crippen molar-refractivity contribution >= 4 is 23.0 Å². The zero-order chi connectivity index (χ0) is 20.5. The van der Waals surface area contributed by atoms with Crippen LogP contribution in [-0.4, -0.2) is 30.5 Å². The van der Waals surface area contributed by atoms with Crippen LogP contribution in [0.4, 0.5) is 5.69 Å². The lowest BCUT2D eigenvalue weighted by molar-refractivity contribution is -0.384. The molecule has 1 saturated heterocycles. The molecular weight excluding hydrogens is 386 g/mol. The lowest BCUT2D eigenvalue weighted by Crippen LogP contribution is -2.36. The molecule has 1 fully saturated rings. The van der Waals surface area contributed by atoms with E-state index in [0.717, 1.165) is 17.1 Å². The zero-order valence-corrected chi connectivity index (χ0v) is 16.9. The number of nitrogens with zero attached hydrogens (tertiary/aromatic N) is 4. The molecule has 148 valence electrons. The maximum absolute atomic E-state index is 11.2. The molecule has 0 bridgehead atoms. The van der Waals surface area contributed by atoms with E-state index in [9.17, 15) is 10.1 Å². The van der Waals surface area contributed by atoms with Gasteiger partial charge in [-0.2, -0.15) is 0 Å². The minimum absolute atomic E-state index is 0.0595. The summed E-state index contributed by atoms with van der Waals surface area (Å²) in [5.74, 6) is 0. The zero-order valence-electron chi connectivity index (χ0n) is 16.1. The smallest absolute Gasteiger partial charge is 0.271 e. The first-order chi connectivity index (χ1) is 14.0. The van der Waals surface area contributed by atoms with E-state index in [1.807, 2.05) is 47.2 Å². The summed E-state index contributed by atoms with van der Waals surface area (Å²) in [6.45, 7) is 4.20. The fourth-order valence-electron chi connectivity index (χ4n) is 3.86. The molecule has 0 saturated carbocycles. The van der Waals surface area contributed by atoms with Crippen molar-refractivity contribution in [3.05, 3.63) is 88.5 Å². The Kier molecular flexibility index (Phi) is 5.02. The summed E-state index contributed by atoms with van der Waals surface area (Å²) >= 11 is 5.65. The molecular formula is C21H21N5O2S. The summed E-state index contributed by atoms with van der Waals surface area (Å²) in [4.78, 5) is 17.6. The summed E-state index contributed by atoms with van der Waals surface area (Å²) in [5, 5.41) is 15.3. The fraction of sp³-hybridized carbons (Fsp3) is 0.238. The van der Waals surface area contributed by atoms with Crippen molar-refractivity contribution in [1.29, 1.82) is 0 Å². The molecule has 8 heteroatoms. The number of nitro benzene ring substituents is 1. The van der Waals surface area contributed by atoms with Crippen molar-refractivity contribution in [1.82, 2.24) is 19.8 Å². The molecule has 1 aliphatic rings. The van der Waals surface area contributed by atoms with Gasteiger partial charge in [-0.05, 0) is 56.4 Å². The lowest BCUT2D eigenvalue weighted by atomic mass is 10.0. The normalized spacial score (nSPS) is 18.9. The molecule has 4 rings (SSSR count). The predicted molar refractivity (Wildman–Crippen MR) is 115 cm³/mol. The van der Waals surface area contributed by atoms with E-state index in [-0.39, 0.29) is 28.7 Å². The highest BCUT2D eigenvalue weighted by Gasteiger charge is 2.42. The third-order valence-electron chi connectivity index (χ3n) is 5.09. The largest absolute Gasteiger partial charge is 0.352 e. The third-order valence-corrected chi connectivity index (χ3v) is 5.42. The van der Waals surface area contributed by atoms with Crippen LogP contribution in [0, 0.1) is 10.1 Å². The van der Waals surface area contributed by atoms with Gasteiger partial charge in [0, 0.05) is 36.3 Å². The molecule has 1 aliphatic heterocycles. The Balaban J connectivity index is 1.83. The summed E-state index contributed by atoms with van der Waals surface area (Å²) < 4.78 is 1.98. The second kappa shape index (κ2) is 7.63. The number of aromatic nitrogens is 2. The molecule has 1 N–H and O–H groups in total. The Labute approximate surface area is 174 Å². The van der Waals surface area contributed by atoms with Crippen LogP contribution in [0.15, 0.2) is 67.0 Å². The van der Waals surface area contributed by atoms with E-state index >= 15 is 0 Å². The molecule has 0 unspecified atom stereocenters. The SMILES string of the molecule is CC(C)N1C(=S)N[C@H](c2ccccn2)[C@@H]1c1cccn1-c1cccc([N+](=O)[O-])c1. The van der Waals surface area contributed by atoms with Gasteiger partial charge in [-0.1, -0.05) is 12.1 Å². The Morgan fingerprint density at radius 2 is 2.00 bits per heavy atom. The quantitative estimate of drug-likeness (QED) is 0.389. The van der Waals surface area contributed by atoms with Crippen LogP contribution < -0.4 is 5.32 Å². The second-order valence-corrected chi connectivity index (χ2v) is 7.59. The van der Waals surface area contributed by atoms with Crippen molar-refractivity contribution in [2.75, 3.05) is 0 Å². The topological polar surface area (TPSA) is 76.2 Å². The van der Waals surface area contributed by atoms with Gasteiger partial charge >= 0.3 is 0 Å². The Bertz CT molecular complexity index is 1050. The predicted octanol–water partition coefficient (Wildman–Crippen LogP) is 4.16. The van der Waals surface area contributed by atoms with Crippen LogP contribution in [-0.2, 0) is 0 Å². The molecule has 3 heterocycles. The van der Waals surface area contributed by atoms with Gasteiger partial charge in [0.2, 0.25) is 0 Å². The van der Waals surface area contributed by atoms with E-state index in [1.54, 1.807) is 18.3 Å². The van der Waals surface area contributed by atoms with Gasteiger partial charge in [0.25, 0.3) is 5.69 Å². The molecule has 2 atom stereocenters. The highest BCUT2D eigenvalue weighted by atomic mass is 32.1. The molecule has 2 aromatic heterocycles. The summed E-state index contributed by atoms with van der Waals surface area (Å²) in [7, 11) is 0. The molecule has 0 amide bonds. The van der Waals surface area contributed by atoms with Crippen LogP contribution in [0.25, 0.3) is 5.69 Å². The average Bonchev–Trinajstić information content (AvgIpc) is 3.32. The van der Waals surface area contributed by atoms with Gasteiger partial charge in [-0.15, -0.1) is 0 Å². The molecule has 1 aromatic carbocycles. The van der Waals surface area contributed by atoms with E-state index in [2.05, 4.69) is 29.0 Å². The molecule has 3 aromatic rings. The van der Waals surface area contributed by atoms with Crippen LogP contribution >= 0.6 is 12.2 Å². The molecule has 0 aliphatic carbocycles. The van der Waals surface area contributed by atoms with Crippen LogP contribution in [0.1, 0.15) is 37.3 Å². The Hall–Kier alpha value is -3.26. The lowest BCUT2D eigenvalue weighted by Gasteiger charge is -2.31.